The Bertz CT molecular complexity index is 737. The molecule has 0 N–H and O–H groups in total. The second kappa shape index (κ2) is 6.95. The Labute approximate surface area is 143 Å². The van der Waals surface area contributed by atoms with Gasteiger partial charge in [0.1, 0.15) is 0 Å². The molecule has 1 aliphatic rings. The van der Waals surface area contributed by atoms with Crippen molar-refractivity contribution in [1.29, 1.82) is 0 Å². The minimum Gasteiger partial charge on any atom is -0.493 e. The Morgan fingerprint density at radius 3 is 2.29 bits per heavy atom. The average Bonchev–Trinajstić information content (AvgIpc) is 2.61. The Kier molecular flexibility index (Phi) is 4.74. The van der Waals surface area contributed by atoms with E-state index in [4.69, 9.17) is 9.47 Å². The maximum absolute atomic E-state index is 12.6. The van der Waals surface area contributed by atoms with Crippen LogP contribution in [-0.4, -0.2) is 31.6 Å². The van der Waals surface area contributed by atoms with Crippen LogP contribution in [0.4, 0.5) is 0 Å². The largest absolute Gasteiger partial charge is 0.493 e. The average molecular weight is 325 g/mol. The van der Waals surface area contributed by atoms with Gasteiger partial charge in [-0.15, -0.1) is 0 Å². The van der Waals surface area contributed by atoms with Crippen LogP contribution in [0.2, 0.25) is 0 Å². The lowest BCUT2D eigenvalue weighted by molar-refractivity contribution is -0.131. The smallest absolute Gasteiger partial charge is 0.227 e. The number of amides is 1. The first kappa shape index (κ1) is 16.4. The number of benzene rings is 2. The number of hydrogen-bond acceptors (Lipinski definition) is 3. The predicted molar refractivity (Wildman–Crippen MR) is 93.6 cm³/mol. The highest BCUT2D eigenvalue weighted by atomic mass is 16.5. The van der Waals surface area contributed by atoms with Gasteiger partial charge in [0, 0.05) is 13.1 Å². The second-order valence-corrected chi connectivity index (χ2v) is 6.20. The lowest BCUT2D eigenvalue weighted by atomic mass is 9.98. The maximum Gasteiger partial charge on any atom is 0.227 e. The summed E-state index contributed by atoms with van der Waals surface area (Å²) in [6.07, 6.45) is 1.29. The van der Waals surface area contributed by atoms with Crippen molar-refractivity contribution >= 4 is 5.91 Å². The molecule has 24 heavy (non-hydrogen) atoms. The fraction of sp³-hybridized carbons (Fsp3) is 0.350. The van der Waals surface area contributed by atoms with Crippen LogP contribution in [0, 0.1) is 6.92 Å². The third-order valence-corrected chi connectivity index (χ3v) is 4.55. The van der Waals surface area contributed by atoms with Gasteiger partial charge >= 0.3 is 0 Å². The lowest BCUT2D eigenvalue weighted by Crippen LogP contribution is -2.36. The minimum atomic E-state index is 0.166. The standard InChI is InChI=1S/C20H23NO3/c1-14-4-6-15(7-5-14)10-20(22)21-9-8-16-11-18(23-2)19(24-3)12-17(16)13-21/h4-7,11-12H,8-10,13H2,1-3H3. The number of rotatable bonds is 4. The Balaban J connectivity index is 1.74. The van der Waals surface area contributed by atoms with Crippen LogP contribution in [0.5, 0.6) is 11.5 Å². The summed E-state index contributed by atoms with van der Waals surface area (Å²) in [4.78, 5) is 14.5. The van der Waals surface area contributed by atoms with Gasteiger partial charge in [-0.3, -0.25) is 4.79 Å². The van der Waals surface area contributed by atoms with Gasteiger partial charge in [0.2, 0.25) is 5.91 Å². The van der Waals surface area contributed by atoms with Crippen LogP contribution in [0.3, 0.4) is 0 Å². The molecule has 2 aromatic rings. The van der Waals surface area contributed by atoms with E-state index in [0.29, 0.717) is 18.7 Å². The van der Waals surface area contributed by atoms with Crippen molar-refractivity contribution in [3.8, 4) is 11.5 Å². The number of carbonyl (C=O) groups excluding carboxylic acids is 1. The number of aryl methyl sites for hydroxylation is 1. The van der Waals surface area contributed by atoms with E-state index in [0.717, 1.165) is 29.8 Å². The van der Waals surface area contributed by atoms with Crippen LogP contribution in [-0.2, 0) is 24.2 Å². The highest BCUT2D eigenvalue weighted by Crippen LogP contribution is 2.33. The fourth-order valence-electron chi connectivity index (χ4n) is 3.09. The molecule has 2 aromatic carbocycles. The van der Waals surface area contributed by atoms with E-state index in [1.807, 2.05) is 41.3 Å². The van der Waals surface area contributed by atoms with Gasteiger partial charge in [-0.1, -0.05) is 29.8 Å². The molecule has 1 amide bonds. The molecule has 0 atom stereocenters. The van der Waals surface area contributed by atoms with Crippen molar-refractivity contribution in [3.05, 3.63) is 58.7 Å². The number of hydrogen-bond donors (Lipinski definition) is 0. The molecular formula is C20H23NO3. The van der Waals surface area contributed by atoms with Crippen molar-refractivity contribution in [1.82, 2.24) is 4.90 Å². The summed E-state index contributed by atoms with van der Waals surface area (Å²) in [7, 11) is 3.28. The van der Waals surface area contributed by atoms with Gasteiger partial charge in [-0.2, -0.15) is 0 Å². The molecule has 0 saturated heterocycles. The molecule has 4 heteroatoms. The summed E-state index contributed by atoms with van der Waals surface area (Å²) in [5.41, 5.74) is 4.63. The molecular weight excluding hydrogens is 302 g/mol. The van der Waals surface area contributed by atoms with Gasteiger partial charge in [-0.05, 0) is 42.2 Å². The predicted octanol–water partition coefficient (Wildman–Crippen LogP) is 3.14. The molecule has 0 unspecified atom stereocenters. The molecule has 0 saturated carbocycles. The molecule has 0 bridgehead atoms. The van der Waals surface area contributed by atoms with Crippen molar-refractivity contribution in [2.45, 2.75) is 26.3 Å². The van der Waals surface area contributed by atoms with Crippen LogP contribution in [0.15, 0.2) is 36.4 Å². The quantitative estimate of drug-likeness (QED) is 0.867. The highest BCUT2D eigenvalue weighted by Gasteiger charge is 2.22. The van der Waals surface area contributed by atoms with Crippen molar-refractivity contribution in [2.75, 3.05) is 20.8 Å². The SMILES string of the molecule is COc1cc2c(cc1OC)CN(C(=O)Cc1ccc(C)cc1)CC2. The van der Waals surface area contributed by atoms with E-state index in [9.17, 15) is 4.79 Å². The van der Waals surface area contributed by atoms with Crippen LogP contribution in [0.1, 0.15) is 22.3 Å². The lowest BCUT2D eigenvalue weighted by Gasteiger charge is -2.29. The third-order valence-electron chi connectivity index (χ3n) is 4.55. The van der Waals surface area contributed by atoms with Gasteiger partial charge in [-0.25, -0.2) is 0 Å². The van der Waals surface area contributed by atoms with Gasteiger partial charge in [0.25, 0.3) is 0 Å². The molecule has 126 valence electrons. The maximum atomic E-state index is 12.6. The zero-order valence-electron chi connectivity index (χ0n) is 14.5. The first-order chi connectivity index (χ1) is 11.6. The zero-order chi connectivity index (χ0) is 17.1. The normalized spacial score (nSPS) is 13.4. The molecule has 1 aliphatic heterocycles. The Morgan fingerprint density at radius 1 is 1.04 bits per heavy atom. The second-order valence-electron chi connectivity index (χ2n) is 6.20. The number of methoxy groups -OCH3 is 2. The monoisotopic (exact) mass is 325 g/mol. The van der Waals surface area contributed by atoms with E-state index in [-0.39, 0.29) is 5.91 Å². The molecule has 0 spiro atoms. The minimum absolute atomic E-state index is 0.166. The first-order valence-electron chi connectivity index (χ1n) is 8.18. The van der Waals surface area contributed by atoms with Crippen molar-refractivity contribution < 1.29 is 14.3 Å². The summed E-state index contributed by atoms with van der Waals surface area (Å²) in [5, 5.41) is 0. The summed E-state index contributed by atoms with van der Waals surface area (Å²) in [6, 6.07) is 12.2. The van der Waals surface area contributed by atoms with E-state index in [1.165, 1.54) is 11.1 Å². The molecule has 4 nitrogen and oxygen atoms in total. The van der Waals surface area contributed by atoms with Crippen molar-refractivity contribution in [3.63, 3.8) is 0 Å². The van der Waals surface area contributed by atoms with Gasteiger partial charge < -0.3 is 14.4 Å². The molecule has 0 radical (unpaired) electrons. The zero-order valence-corrected chi connectivity index (χ0v) is 14.5. The first-order valence-corrected chi connectivity index (χ1v) is 8.18. The van der Waals surface area contributed by atoms with E-state index >= 15 is 0 Å². The van der Waals surface area contributed by atoms with Gasteiger partial charge in [0.15, 0.2) is 11.5 Å². The Morgan fingerprint density at radius 2 is 1.67 bits per heavy atom. The number of carbonyl (C=O) groups is 1. The summed E-state index contributed by atoms with van der Waals surface area (Å²) < 4.78 is 10.7. The topological polar surface area (TPSA) is 38.8 Å². The molecule has 0 fully saturated rings. The summed E-state index contributed by atoms with van der Waals surface area (Å²) in [5.74, 6) is 1.62. The van der Waals surface area contributed by atoms with Crippen LogP contribution in [0.25, 0.3) is 0 Å². The Hall–Kier alpha value is -2.49. The van der Waals surface area contributed by atoms with E-state index in [1.54, 1.807) is 14.2 Å². The number of nitrogens with zero attached hydrogens (tertiary/aromatic N) is 1. The number of ether oxygens (including phenoxy) is 2. The molecule has 0 aliphatic carbocycles. The molecule has 0 aromatic heterocycles. The summed E-state index contributed by atoms with van der Waals surface area (Å²) >= 11 is 0. The van der Waals surface area contributed by atoms with Crippen LogP contribution < -0.4 is 9.47 Å². The highest BCUT2D eigenvalue weighted by molar-refractivity contribution is 5.79. The number of fused-ring (bicyclic) bond motifs is 1. The van der Waals surface area contributed by atoms with E-state index < -0.39 is 0 Å². The van der Waals surface area contributed by atoms with Gasteiger partial charge in [0.05, 0.1) is 20.6 Å². The summed E-state index contributed by atoms with van der Waals surface area (Å²) in [6.45, 7) is 3.42. The third kappa shape index (κ3) is 3.37. The van der Waals surface area contributed by atoms with E-state index in [2.05, 4.69) is 6.92 Å². The van der Waals surface area contributed by atoms with Crippen molar-refractivity contribution in [2.24, 2.45) is 0 Å². The molecule has 1 heterocycles. The van der Waals surface area contributed by atoms with Crippen LogP contribution >= 0.6 is 0 Å². The fourth-order valence-corrected chi connectivity index (χ4v) is 3.09. The molecule has 3 rings (SSSR count).